The van der Waals surface area contributed by atoms with Gasteiger partial charge in [0, 0.05) is 68.3 Å². The Labute approximate surface area is 175 Å². The van der Waals surface area contributed by atoms with Crippen LogP contribution in [-0.2, 0) is 19.6 Å². The minimum atomic E-state index is -0.463. The van der Waals surface area contributed by atoms with Crippen molar-refractivity contribution in [3.05, 3.63) is 41.7 Å². The molecule has 1 unspecified atom stereocenters. The number of hydrogen-bond acceptors (Lipinski definition) is 7. The van der Waals surface area contributed by atoms with Gasteiger partial charge in [-0.25, -0.2) is 4.98 Å². The molecule has 0 saturated carbocycles. The first-order chi connectivity index (χ1) is 13.8. The number of thioether (sulfide) groups is 2. The fraction of sp³-hybridized carbons (Fsp3) is 0.550. The van der Waals surface area contributed by atoms with Gasteiger partial charge < -0.3 is 19.7 Å². The lowest BCUT2D eigenvalue weighted by Crippen LogP contribution is -2.40. The van der Waals surface area contributed by atoms with Gasteiger partial charge in [-0.05, 0) is 6.07 Å². The molecule has 0 radical (unpaired) electrons. The lowest BCUT2D eigenvalue weighted by molar-refractivity contribution is 0.0711. The molecular weight excluding hydrogens is 392 g/mol. The lowest BCUT2D eigenvalue weighted by atomic mass is 10.2. The Hall–Kier alpha value is -1.19. The van der Waals surface area contributed by atoms with E-state index in [2.05, 4.69) is 32.0 Å². The third-order valence-corrected chi connectivity index (χ3v) is 6.86. The van der Waals surface area contributed by atoms with Gasteiger partial charge in [0.2, 0.25) is 0 Å². The highest BCUT2D eigenvalue weighted by molar-refractivity contribution is 7.99. The summed E-state index contributed by atoms with van der Waals surface area (Å²) in [4.78, 5) is 6.97. The summed E-state index contributed by atoms with van der Waals surface area (Å²) in [5, 5.41) is 14.9. The second kappa shape index (κ2) is 10.0. The standard InChI is InChI=1S/C20H28N4O2S2/c25-18(14-23-5-8-27-9-6-23)15-26-19-4-2-1-3-16(19)11-21-12-17-13-24-7-10-28-20(24)22-17/h1-4,13,18,21,25H,5-12,14-15H2. The first-order valence-corrected chi connectivity index (χ1v) is 12.0. The molecule has 6 nitrogen and oxygen atoms in total. The van der Waals surface area contributed by atoms with Crippen LogP contribution in [0.25, 0.3) is 0 Å². The van der Waals surface area contributed by atoms with Crippen LogP contribution in [0.15, 0.2) is 35.6 Å². The molecule has 1 atom stereocenters. The van der Waals surface area contributed by atoms with E-state index in [9.17, 15) is 5.11 Å². The van der Waals surface area contributed by atoms with Crippen molar-refractivity contribution in [3.63, 3.8) is 0 Å². The third kappa shape index (κ3) is 5.45. The molecule has 152 valence electrons. The SMILES string of the molecule is OC(COc1ccccc1CNCc1cn2c(n1)SCC2)CN1CCSCC1. The molecule has 1 aromatic heterocycles. The van der Waals surface area contributed by atoms with Gasteiger partial charge in [-0.2, -0.15) is 11.8 Å². The van der Waals surface area contributed by atoms with E-state index in [1.54, 1.807) is 0 Å². The van der Waals surface area contributed by atoms with Crippen LogP contribution >= 0.6 is 23.5 Å². The van der Waals surface area contributed by atoms with Gasteiger partial charge in [0.1, 0.15) is 18.5 Å². The molecule has 2 aromatic rings. The number of aliphatic hydroxyl groups excluding tert-OH is 1. The average Bonchev–Trinajstić information content (AvgIpc) is 3.30. The number of imidazole rings is 1. The second-order valence-corrected chi connectivity index (χ2v) is 9.43. The van der Waals surface area contributed by atoms with Gasteiger partial charge in [0.25, 0.3) is 0 Å². The van der Waals surface area contributed by atoms with Crippen LogP contribution in [-0.4, -0.2) is 69.2 Å². The van der Waals surface area contributed by atoms with Crippen LogP contribution in [0.1, 0.15) is 11.3 Å². The third-order valence-electron chi connectivity index (χ3n) is 4.95. The van der Waals surface area contributed by atoms with Crippen LogP contribution in [0.5, 0.6) is 5.75 Å². The van der Waals surface area contributed by atoms with Gasteiger partial charge in [-0.15, -0.1) is 0 Å². The summed E-state index contributed by atoms with van der Waals surface area (Å²) in [7, 11) is 0. The first-order valence-electron chi connectivity index (χ1n) is 9.86. The van der Waals surface area contributed by atoms with Crippen molar-refractivity contribution in [1.29, 1.82) is 0 Å². The molecule has 2 aliphatic heterocycles. The van der Waals surface area contributed by atoms with Gasteiger partial charge >= 0.3 is 0 Å². The van der Waals surface area contributed by atoms with Crippen LogP contribution in [0.2, 0.25) is 0 Å². The maximum atomic E-state index is 10.3. The fourth-order valence-electron chi connectivity index (χ4n) is 3.48. The fourth-order valence-corrected chi connectivity index (χ4v) is 5.42. The second-order valence-electron chi connectivity index (χ2n) is 7.15. The van der Waals surface area contributed by atoms with E-state index in [1.165, 1.54) is 0 Å². The van der Waals surface area contributed by atoms with Crippen molar-refractivity contribution in [2.45, 2.75) is 30.9 Å². The Morgan fingerprint density at radius 2 is 2.00 bits per heavy atom. The van der Waals surface area contributed by atoms with Crippen LogP contribution in [0, 0.1) is 0 Å². The molecule has 0 spiro atoms. The molecular formula is C20H28N4O2S2. The highest BCUT2D eigenvalue weighted by atomic mass is 32.2. The largest absolute Gasteiger partial charge is 0.491 e. The smallest absolute Gasteiger partial charge is 0.168 e. The summed E-state index contributed by atoms with van der Waals surface area (Å²) in [6, 6.07) is 8.04. The Morgan fingerprint density at radius 1 is 1.14 bits per heavy atom. The number of ether oxygens (including phenoxy) is 1. The van der Waals surface area contributed by atoms with E-state index in [0.717, 1.165) is 65.6 Å². The summed E-state index contributed by atoms with van der Waals surface area (Å²) < 4.78 is 8.17. The highest BCUT2D eigenvalue weighted by Crippen LogP contribution is 2.24. The van der Waals surface area contributed by atoms with E-state index in [1.807, 2.05) is 41.7 Å². The normalized spacial score (nSPS) is 18.2. The molecule has 8 heteroatoms. The molecule has 1 fully saturated rings. The van der Waals surface area contributed by atoms with E-state index < -0.39 is 6.10 Å². The maximum Gasteiger partial charge on any atom is 0.168 e. The number of hydrogen-bond donors (Lipinski definition) is 2. The van der Waals surface area contributed by atoms with Gasteiger partial charge in [0.15, 0.2) is 5.16 Å². The molecule has 2 N–H and O–H groups in total. The summed E-state index contributed by atoms with van der Waals surface area (Å²) in [5.41, 5.74) is 2.18. The number of aliphatic hydroxyl groups is 1. The van der Waals surface area contributed by atoms with Crippen molar-refractivity contribution in [1.82, 2.24) is 19.8 Å². The van der Waals surface area contributed by atoms with Crippen molar-refractivity contribution in [3.8, 4) is 5.75 Å². The number of nitrogens with zero attached hydrogens (tertiary/aromatic N) is 3. The zero-order valence-corrected chi connectivity index (χ0v) is 17.7. The number of aryl methyl sites for hydroxylation is 1. The van der Waals surface area contributed by atoms with Gasteiger partial charge in [0.05, 0.1) is 5.69 Å². The Morgan fingerprint density at radius 3 is 2.86 bits per heavy atom. The van der Waals surface area contributed by atoms with Crippen LogP contribution in [0.3, 0.4) is 0 Å². The minimum Gasteiger partial charge on any atom is -0.491 e. The number of aromatic nitrogens is 2. The van der Waals surface area contributed by atoms with E-state index in [4.69, 9.17) is 4.74 Å². The van der Waals surface area contributed by atoms with E-state index >= 15 is 0 Å². The molecule has 0 aliphatic carbocycles. The van der Waals surface area contributed by atoms with Crippen molar-refractivity contribution in [2.24, 2.45) is 0 Å². The first kappa shape index (κ1) is 20.1. The zero-order chi connectivity index (χ0) is 19.2. The van der Waals surface area contributed by atoms with Crippen molar-refractivity contribution in [2.75, 3.05) is 43.5 Å². The number of β-amino-alcohol motifs (C(OH)–C–C–N with tert-alkyl or cyclic N) is 1. The number of nitrogens with one attached hydrogen (secondary N) is 1. The van der Waals surface area contributed by atoms with Gasteiger partial charge in [-0.1, -0.05) is 30.0 Å². The summed E-state index contributed by atoms with van der Waals surface area (Å²) >= 11 is 3.80. The minimum absolute atomic E-state index is 0.325. The molecule has 0 amide bonds. The molecule has 1 saturated heterocycles. The number of rotatable bonds is 9. The lowest BCUT2D eigenvalue weighted by Gasteiger charge is -2.28. The molecule has 4 rings (SSSR count). The van der Waals surface area contributed by atoms with Crippen molar-refractivity contribution >= 4 is 23.5 Å². The summed E-state index contributed by atoms with van der Waals surface area (Å²) in [5.74, 6) is 4.27. The van der Waals surface area contributed by atoms with Crippen LogP contribution < -0.4 is 10.1 Å². The van der Waals surface area contributed by atoms with Gasteiger partial charge in [-0.3, -0.25) is 4.90 Å². The summed E-state index contributed by atoms with van der Waals surface area (Å²) in [6.45, 7) is 5.63. The number of fused-ring (bicyclic) bond motifs is 1. The topological polar surface area (TPSA) is 62.6 Å². The predicted octanol–water partition coefficient (Wildman–Crippen LogP) is 2.07. The summed E-state index contributed by atoms with van der Waals surface area (Å²) in [6.07, 6.45) is 1.68. The number of benzene rings is 1. The molecule has 2 aliphatic rings. The molecule has 3 heterocycles. The molecule has 28 heavy (non-hydrogen) atoms. The van der Waals surface area contributed by atoms with E-state index in [0.29, 0.717) is 19.7 Å². The van der Waals surface area contributed by atoms with Crippen LogP contribution in [0.4, 0.5) is 0 Å². The highest BCUT2D eigenvalue weighted by Gasteiger charge is 2.16. The monoisotopic (exact) mass is 420 g/mol. The quantitative estimate of drug-likeness (QED) is 0.644. The van der Waals surface area contributed by atoms with E-state index in [-0.39, 0.29) is 0 Å². The average molecular weight is 421 g/mol. The zero-order valence-electron chi connectivity index (χ0n) is 16.0. The maximum absolute atomic E-state index is 10.3. The molecule has 1 aromatic carbocycles. The molecule has 0 bridgehead atoms. The Bertz CT molecular complexity index is 743. The predicted molar refractivity (Wildman–Crippen MR) is 115 cm³/mol. The Balaban J connectivity index is 1.24. The van der Waals surface area contributed by atoms with Crippen molar-refractivity contribution < 1.29 is 9.84 Å². The Kier molecular flexibility index (Phi) is 7.20. The number of para-hydroxylation sites is 1.